The summed E-state index contributed by atoms with van der Waals surface area (Å²) in [6.07, 6.45) is 0.856. The number of methoxy groups -OCH3 is 1. The summed E-state index contributed by atoms with van der Waals surface area (Å²) in [6, 6.07) is 15.0. The number of carboxylic acid groups (broad SMARTS) is 1. The Balaban J connectivity index is 1.69. The lowest BCUT2D eigenvalue weighted by Crippen LogP contribution is -2.50. The molecule has 33 heavy (non-hydrogen) atoms. The van der Waals surface area contributed by atoms with Crippen LogP contribution in [0.15, 0.2) is 61.2 Å². The van der Waals surface area contributed by atoms with E-state index < -0.39 is 30.6 Å². The molecule has 0 aromatic heterocycles. The van der Waals surface area contributed by atoms with Gasteiger partial charge >= 0.3 is 12.1 Å². The first-order valence-electron chi connectivity index (χ1n) is 10.7. The Kier molecular flexibility index (Phi) is 8.21. The summed E-state index contributed by atoms with van der Waals surface area (Å²) >= 11 is 0. The third-order valence-electron chi connectivity index (χ3n) is 5.53. The van der Waals surface area contributed by atoms with E-state index in [9.17, 15) is 14.4 Å². The summed E-state index contributed by atoms with van der Waals surface area (Å²) in [6.45, 7) is 3.41. The van der Waals surface area contributed by atoms with Crippen molar-refractivity contribution in [2.75, 3.05) is 33.4 Å². The maximum absolute atomic E-state index is 12.9. The van der Waals surface area contributed by atoms with Crippen LogP contribution in [0.5, 0.6) is 0 Å². The molecular weight excluding hydrogens is 424 g/mol. The quantitative estimate of drug-likeness (QED) is 0.508. The molecule has 2 aromatic carbocycles. The molecular formula is C25H28N2O6. The molecule has 0 radical (unpaired) electrons. The first kappa shape index (κ1) is 24.0. The van der Waals surface area contributed by atoms with Crippen LogP contribution in [0.4, 0.5) is 4.79 Å². The van der Waals surface area contributed by atoms with Crippen molar-refractivity contribution in [2.45, 2.75) is 18.4 Å². The van der Waals surface area contributed by atoms with Crippen molar-refractivity contribution < 1.29 is 29.0 Å². The third-order valence-corrected chi connectivity index (χ3v) is 5.53. The lowest BCUT2D eigenvalue weighted by molar-refractivity contribution is -0.145. The van der Waals surface area contributed by atoms with E-state index in [1.807, 2.05) is 48.5 Å². The SMILES string of the molecule is C=CCN(CC(=O)O)C(=O)C(CCOC)NC(=O)OCC1c2ccccc2-c2ccccc21. The molecule has 174 valence electrons. The number of benzene rings is 2. The first-order chi connectivity index (χ1) is 16.0. The number of hydrogen-bond donors (Lipinski definition) is 2. The normalized spacial score (nSPS) is 12.9. The Morgan fingerprint density at radius 2 is 1.73 bits per heavy atom. The lowest BCUT2D eigenvalue weighted by Gasteiger charge is -2.25. The van der Waals surface area contributed by atoms with Gasteiger partial charge in [0.25, 0.3) is 0 Å². The number of nitrogens with one attached hydrogen (secondary N) is 1. The van der Waals surface area contributed by atoms with Crippen LogP contribution < -0.4 is 5.32 Å². The Morgan fingerprint density at radius 1 is 1.12 bits per heavy atom. The molecule has 8 nitrogen and oxygen atoms in total. The van der Waals surface area contributed by atoms with Gasteiger partial charge in [0, 0.05) is 32.6 Å². The topological polar surface area (TPSA) is 105 Å². The largest absolute Gasteiger partial charge is 0.480 e. The van der Waals surface area contributed by atoms with Gasteiger partial charge in [0.2, 0.25) is 5.91 Å². The molecule has 0 saturated carbocycles. The molecule has 0 bridgehead atoms. The second kappa shape index (κ2) is 11.3. The predicted molar refractivity (Wildman–Crippen MR) is 123 cm³/mol. The number of fused-ring (bicyclic) bond motifs is 3. The minimum atomic E-state index is -1.16. The number of rotatable bonds is 11. The number of alkyl carbamates (subject to hydrolysis) is 1. The molecule has 0 spiro atoms. The van der Waals surface area contributed by atoms with Crippen molar-refractivity contribution in [3.05, 3.63) is 72.3 Å². The first-order valence-corrected chi connectivity index (χ1v) is 10.7. The van der Waals surface area contributed by atoms with Gasteiger partial charge in [0.05, 0.1) is 0 Å². The Bertz CT molecular complexity index is 976. The fourth-order valence-corrected chi connectivity index (χ4v) is 4.05. The highest BCUT2D eigenvalue weighted by Crippen LogP contribution is 2.44. The molecule has 2 aromatic rings. The number of carbonyl (C=O) groups excluding carboxylic acids is 2. The molecule has 1 unspecified atom stereocenters. The Morgan fingerprint density at radius 3 is 2.27 bits per heavy atom. The summed E-state index contributed by atoms with van der Waals surface area (Å²) in [5.41, 5.74) is 4.39. The maximum Gasteiger partial charge on any atom is 0.407 e. The van der Waals surface area contributed by atoms with Crippen molar-refractivity contribution in [1.29, 1.82) is 0 Å². The van der Waals surface area contributed by atoms with E-state index in [0.29, 0.717) is 0 Å². The van der Waals surface area contributed by atoms with E-state index in [1.165, 1.54) is 13.2 Å². The minimum Gasteiger partial charge on any atom is -0.480 e. The number of hydrogen-bond acceptors (Lipinski definition) is 5. The van der Waals surface area contributed by atoms with Crippen LogP contribution in [0.25, 0.3) is 11.1 Å². The van der Waals surface area contributed by atoms with Gasteiger partial charge in [-0.1, -0.05) is 54.6 Å². The summed E-state index contributed by atoms with van der Waals surface area (Å²) in [7, 11) is 1.48. The average Bonchev–Trinajstić information content (AvgIpc) is 3.13. The highest BCUT2D eigenvalue weighted by Gasteiger charge is 2.31. The van der Waals surface area contributed by atoms with Crippen LogP contribution in [0.1, 0.15) is 23.5 Å². The molecule has 1 atom stereocenters. The predicted octanol–water partition coefficient (Wildman–Crippen LogP) is 3.03. The van der Waals surface area contributed by atoms with Gasteiger partial charge in [-0.2, -0.15) is 0 Å². The van der Waals surface area contributed by atoms with E-state index in [-0.39, 0.29) is 32.1 Å². The number of amides is 2. The molecule has 1 aliphatic carbocycles. The van der Waals surface area contributed by atoms with Gasteiger partial charge in [-0.25, -0.2) is 4.79 Å². The van der Waals surface area contributed by atoms with Gasteiger partial charge < -0.3 is 24.8 Å². The van der Waals surface area contributed by atoms with Crippen LogP contribution in [-0.4, -0.2) is 67.4 Å². The third kappa shape index (κ3) is 5.78. The molecule has 2 N–H and O–H groups in total. The van der Waals surface area contributed by atoms with E-state index in [0.717, 1.165) is 27.2 Å². The molecule has 0 fully saturated rings. The minimum absolute atomic E-state index is 0.0426. The number of carbonyl (C=O) groups is 3. The zero-order valence-corrected chi connectivity index (χ0v) is 18.5. The van der Waals surface area contributed by atoms with Crippen molar-refractivity contribution >= 4 is 18.0 Å². The lowest BCUT2D eigenvalue weighted by atomic mass is 9.98. The van der Waals surface area contributed by atoms with E-state index >= 15 is 0 Å². The van der Waals surface area contributed by atoms with Crippen LogP contribution >= 0.6 is 0 Å². The second-order valence-corrected chi connectivity index (χ2v) is 7.71. The number of ether oxygens (including phenoxy) is 2. The average molecular weight is 453 g/mol. The molecule has 0 aliphatic heterocycles. The second-order valence-electron chi connectivity index (χ2n) is 7.71. The monoisotopic (exact) mass is 452 g/mol. The van der Waals surface area contributed by atoms with Gasteiger partial charge in [-0.05, 0) is 22.3 Å². The Hall–Kier alpha value is -3.65. The van der Waals surface area contributed by atoms with Crippen molar-refractivity contribution in [2.24, 2.45) is 0 Å². The van der Waals surface area contributed by atoms with Gasteiger partial charge in [-0.3, -0.25) is 9.59 Å². The summed E-state index contributed by atoms with van der Waals surface area (Å²) in [5.74, 6) is -1.81. The van der Waals surface area contributed by atoms with Crippen molar-refractivity contribution in [1.82, 2.24) is 10.2 Å². The summed E-state index contributed by atoms with van der Waals surface area (Å²) < 4.78 is 10.6. The summed E-state index contributed by atoms with van der Waals surface area (Å²) in [4.78, 5) is 37.8. The molecule has 3 rings (SSSR count). The number of carboxylic acids is 1. The zero-order chi connectivity index (χ0) is 23.8. The van der Waals surface area contributed by atoms with E-state index in [4.69, 9.17) is 14.6 Å². The summed E-state index contributed by atoms with van der Waals surface area (Å²) in [5, 5.41) is 11.7. The number of nitrogens with zero attached hydrogens (tertiary/aromatic N) is 1. The van der Waals surface area contributed by atoms with Gasteiger partial charge in [-0.15, -0.1) is 6.58 Å². The Labute approximate surface area is 192 Å². The molecule has 1 aliphatic rings. The van der Waals surface area contributed by atoms with Crippen molar-refractivity contribution in [3.63, 3.8) is 0 Å². The highest BCUT2D eigenvalue weighted by molar-refractivity contribution is 5.88. The smallest absolute Gasteiger partial charge is 0.407 e. The zero-order valence-electron chi connectivity index (χ0n) is 18.5. The van der Waals surface area contributed by atoms with E-state index in [2.05, 4.69) is 11.9 Å². The molecule has 2 amide bonds. The van der Waals surface area contributed by atoms with Gasteiger partial charge in [0.15, 0.2) is 0 Å². The highest BCUT2D eigenvalue weighted by atomic mass is 16.5. The molecule has 8 heteroatoms. The van der Waals surface area contributed by atoms with Crippen molar-refractivity contribution in [3.8, 4) is 11.1 Å². The van der Waals surface area contributed by atoms with Crippen LogP contribution in [0.3, 0.4) is 0 Å². The fraction of sp³-hybridized carbons (Fsp3) is 0.320. The number of aliphatic carboxylic acids is 1. The van der Waals surface area contributed by atoms with Crippen LogP contribution in [0, 0.1) is 0 Å². The fourth-order valence-electron chi connectivity index (χ4n) is 4.05. The molecule has 0 saturated heterocycles. The van der Waals surface area contributed by atoms with Gasteiger partial charge in [0.1, 0.15) is 19.2 Å². The maximum atomic E-state index is 12.9. The van der Waals surface area contributed by atoms with E-state index in [1.54, 1.807) is 0 Å². The standard InChI is InChI=1S/C25H28N2O6/c1-3-13-27(15-23(28)29)24(30)22(12-14-32-2)26-25(31)33-16-21-19-10-6-4-8-17(19)18-9-5-7-11-20(18)21/h3-11,21-22H,1,12-16H2,2H3,(H,26,31)(H,28,29). The molecule has 0 heterocycles. The van der Waals surface area contributed by atoms with Crippen LogP contribution in [0.2, 0.25) is 0 Å². The van der Waals surface area contributed by atoms with Crippen LogP contribution in [-0.2, 0) is 19.1 Å².